The predicted octanol–water partition coefficient (Wildman–Crippen LogP) is 3.25. The fraction of sp³-hybridized carbons (Fsp3) is 0.769. The summed E-state index contributed by atoms with van der Waals surface area (Å²) < 4.78 is 44.9. The summed E-state index contributed by atoms with van der Waals surface area (Å²) in [5.74, 6) is -0.0804. The first-order valence-electron chi connectivity index (χ1n) is 6.72. The maximum absolute atomic E-state index is 12.9. The van der Waals surface area contributed by atoms with Crippen LogP contribution in [0.2, 0.25) is 0 Å². The van der Waals surface area contributed by atoms with Gasteiger partial charge in [-0.05, 0) is 24.7 Å². The Kier molecular flexibility index (Phi) is 4.00. The van der Waals surface area contributed by atoms with Crippen molar-refractivity contribution < 1.29 is 17.9 Å². The number of methoxy groups -OCH3 is 1. The van der Waals surface area contributed by atoms with E-state index in [1.807, 2.05) is 0 Å². The van der Waals surface area contributed by atoms with Gasteiger partial charge >= 0.3 is 6.18 Å². The van der Waals surface area contributed by atoms with E-state index in [-0.39, 0.29) is 17.3 Å². The van der Waals surface area contributed by atoms with E-state index < -0.39 is 11.9 Å². The zero-order chi connectivity index (χ0) is 15.0. The molecule has 2 rings (SSSR count). The highest BCUT2D eigenvalue weighted by Crippen LogP contribution is 2.54. The molecule has 4 nitrogen and oxygen atoms in total. The molecule has 0 atom stereocenters. The minimum Gasteiger partial charge on any atom is -0.385 e. The van der Waals surface area contributed by atoms with Gasteiger partial charge in [-0.15, -0.1) is 0 Å². The first-order valence-corrected chi connectivity index (χ1v) is 6.72. The average Bonchev–Trinajstić information content (AvgIpc) is 2.70. The number of ether oxygens (including phenoxy) is 1. The van der Waals surface area contributed by atoms with Gasteiger partial charge in [0.1, 0.15) is 11.5 Å². The Balaban J connectivity index is 2.12. The smallest absolute Gasteiger partial charge is 0.385 e. The topological polar surface area (TPSA) is 53.1 Å². The highest BCUT2D eigenvalue weighted by Gasteiger charge is 2.47. The van der Waals surface area contributed by atoms with Crippen molar-refractivity contribution in [2.24, 2.45) is 5.41 Å². The highest BCUT2D eigenvalue weighted by molar-refractivity contribution is 5.31. The van der Waals surface area contributed by atoms with Crippen molar-refractivity contribution in [1.29, 1.82) is 0 Å². The van der Waals surface area contributed by atoms with Crippen molar-refractivity contribution in [2.75, 3.05) is 19.5 Å². The van der Waals surface area contributed by atoms with Crippen LogP contribution in [0.1, 0.15) is 44.3 Å². The van der Waals surface area contributed by atoms with Crippen LogP contribution in [0.4, 0.5) is 19.0 Å². The molecule has 114 valence electrons. The van der Waals surface area contributed by atoms with Crippen molar-refractivity contribution in [1.82, 2.24) is 9.78 Å². The summed E-state index contributed by atoms with van der Waals surface area (Å²) >= 11 is 0. The molecule has 7 heteroatoms. The quantitative estimate of drug-likeness (QED) is 0.906. The van der Waals surface area contributed by atoms with Gasteiger partial charge < -0.3 is 10.5 Å². The summed E-state index contributed by atoms with van der Waals surface area (Å²) in [6, 6.07) is 0.682. The van der Waals surface area contributed by atoms with Crippen molar-refractivity contribution in [3.8, 4) is 0 Å². The first-order chi connectivity index (χ1) is 9.31. The lowest BCUT2D eigenvalue weighted by Gasteiger charge is -2.48. The van der Waals surface area contributed by atoms with Gasteiger partial charge in [0.15, 0.2) is 0 Å². The number of nitrogens with two attached hydrogens (primary N) is 1. The molecule has 1 heterocycles. The van der Waals surface area contributed by atoms with Gasteiger partial charge in [-0.2, -0.15) is 18.3 Å². The molecule has 0 radical (unpaired) electrons. The van der Waals surface area contributed by atoms with E-state index >= 15 is 0 Å². The van der Waals surface area contributed by atoms with Crippen LogP contribution >= 0.6 is 0 Å². The lowest BCUT2D eigenvalue weighted by Crippen LogP contribution is -2.40. The third kappa shape index (κ3) is 2.77. The molecule has 1 fully saturated rings. The van der Waals surface area contributed by atoms with Gasteiger partial charge in [-0.3, -0.25) is 4.68 Å². The van der Waals surface area contributed by atoms with Crippen molar-refractivity contribution in [3.63, 3.8) is 0 Å². The summed E-state index contributed by atoms with van der Waals surface area (Å²) in [6.07, 6.45) is -1.23. The van der Waals surface area contributed by atoms with Gasteiger partial charge in [-0.1, -0.05) is 13.3 Å². The van der Waals surface area contributed by atoms with Gasteiger partial charge in [0.05, 0.1) is 6.04 Å². The predicted molar refractivity (Wildman–Crippen MR) is 69.1 cm³/mol. The van der Waals surface area contributed by atoms with E-state index in [2.05, 4.69) is 12.0 Å². The van der Waals surface area contributed by atoms with Crippen LogP contribution in [0, 0.1) is 5.41 Å². The average molecular weight is 291 g/mol. The molecule has 0 saturated heterocycles. The number of nitrogens with zero attached hydrogens (tertiary/aromatic N) is 2. The number of aromatic nitrogens is 2. The van der Waals surface area contributed by atoms with E-state index in [0.29, 0.717) is 19.4 Å². The molecule has 0 unspecified atom stereocenters. The monoisotopic (exact) mass is 291 g/mol. The van der Waals surface area contributed by atoms with E-state index in [0.717, 1.165) is 23.6 Å². The summed E-state index contributed by atoms with van der Waals surface area (Å²) in [6.45, 7) is 2.70. The number of hydrogen-bond acceptors (Lipinski definition) is 3. The SMILES string of the molecule is CCC1(CCOC)CC(n2nc(N)cc2C(F)(F)F)C1. The minimum absolute atomic E-state index is 0.0737. The molecule has 0 aliphatic heterocycles. The molecule has 0 bridgehead atoms. The molecule has 0 spiro atoms. The van der Waals surface area contributed by atoms with E-state index in [4.69, 9.17) is 10.5 Å². The lowest BCUT2D eigenvalue weighted by atomic mass is 9.62. The maximum atomic E-state index is 12.9. The molecule has 1 aliphatic carbocycles. The Bertz CT molecular complexity index is 464. The lowest BCUT2D eigenvalue weighted by molar-refractivity contribution is -0.147. The molecule has 1 saturated carbocycles. The van der Waals surface area contributed by atoms with Crippen LogP contribution in [0.25, 0.3) is 0 Å². The zero-order valence-corrected chi connectivity index (χ0v) is 11.7. The largest absolute Gasteiger partial charge is 0.433 e. The van der Waals surface area contributed by atoms with Crippen LogP contribution < -0.4 is 5.73 Å². The van der Waals surface area contributed by atoms with Crippen LogP contribution in [0.5, 0.6) is 0 Å². The van der Waals surface area contributed by atoms with Crippen LogP contribution in [0.15, 0.2) is 6.07 Å². The molecular formula is C13H20F3N3O. The second kappa shape index (κ2) is 5.27. The third-order valence-corrected chi connectivity index (χ3v) is 4.31. The van der Waals surface area contributed by atoms with Crippen LogP contribution in [-0.4, -0.2) is 23.5 Å². The molecule has 1 aliphatic rings. The standard InChI is InChI=1S/C13H20F3N3O/c1-3-12(4-5-20-2)7-9(8-12)19-10(13(14,15)16)6-11(17)18-19/h6,9H,3-5,7-8H2,1-2H3,(H2,17,18). The van der Waals surface area contributed by atoms with Crippen LogP contribution in [-0.2, 0) is 10.9 Å². The van der Waals surface area contributed by atoms with Crippen molar-refractivity contribution in [3.05, 3.63) is 11.8 Å². The maximum Gasteiger partial charge on any atom is 0.433 e. The van der Waals surface area contributed by atoms with Gasteiger partial charge in [0.2, 0.25) is 0 Å². The molecule has 20 heavy (non-hydrogen) atoms. The fourth-order valence-electron chi connectivity index (χ4n) is 3.00. The van der Waals surface area contributed by atoms with E-state index in [1.165, 1.54) is 0 Å². The number of rotatable bonds is 5. The fourth-order valence-corrected chi connectivity index (χ4v) is 3.00. The summed E-state index contributed by atoms with van der Waals surface area (Å²) in [5, 5.41) is 3.82. The molecular weight excluding hydrogens is 271 g/mol. The minimum atomic E-state index is -4.42. The summed E-state index contributed by atoms with van der Waals surface area (Å²) in [5.41, 5.74) is 4.74. The van der Waals surface area contributed by atoms with Crippen LogP contribution in [0.3, 0.4) is 0 Å². The zero-order valence-electron chi connectivity index (χ0n) is 11.7. The number of halogens is 3. The Morgan fingerprint density at radius 3 is 2.65 bits per heavy atom. The second-order valence-corrected chi connectivity index (χ2v) is 5.56. The van der Waals surface area contributed by atoms with Gasteiger partial charge in [0.25, 0.3) is 0 Å². The Morgan fingerprint density at radius 1 is 1.50 bits per heavy atom. The molecule has 0 aromatic carbocycles. The number of nitrogen functional groups attached to an aromatic ring is 1. The summed E-state index contributed by atoms with van der Waals surface area (Å²) in [7, 11) is 1.63. The number of alkyl halides is 3. The Labute approximate surface area is 116 Å². The first kappa shape index (κ1) is 15.2. The summed E-state index contributed by atoms with van der Waals surface area (Å²) in [4.78, 5) is 0. The highest BCUT2D eigenvalue weighted by atomic mass is 19.4. The molecule has 0 amide bonds. The normalized spacial score (nSPS) is 26.6. The molecule has 1 aromatic rings. The second-order valence-electron chi connectivity index (χ2n) is 5.56. The van der Waals surface area contributed by atoms with Crippen molar-refractivity contribution >= 4 is 5.82 Å². The number of hydrogen-bond donors (Lipinski definition) is 1. The third-order valence-electron chi connectivity index (χ3n) is 4.31. The van der Waals surface area contributed by atoms with E-state index in [1.54, 1.807) is 7.11 Å². The molecule has 2 N–H and O–H groups in total. The van der Waals surface area contributed by atoms with Crippen molar-refractivity contribution in [2.45, 2.75) is 44.8 Å². The number of anilines is 1. The Hall–Kier alpha value is -1.24. The van der Waals surface area contributed by atoms with E-state index in [9.17, 15) is 13.2 Å². The van der Waals surface area contributed by atoms with Gasteiger partial charge in [-0.25, -0.2) is 0 Å². The van der Waals surface area contributed by atoms with Gasteiger partial charge in [0, 0.05) is 19.8 Å². The molecule has 1 aromatic heterocycles. The Morgan fingerprint density at radius 2 is 2.15 bits per heavy atom.